The molecule has 2 unspecified atom stereocenters. The number of pyridine rings is 1. The number of aromatic amines is 1. The van der Waals surface area contributed by atoms with Gasteiger partial charge in [-0.25, -0.2) is 13.3 Å². The first-order chi connectivity index (χ1) is 14.0. The molecule has 3 heterocycles. The van der Waals surface area contributed by atoms with Gasteiger partial charge in [-0.2, -0.15) is 10.2 Å². The number of H-pyrrole nitrogens is 1. The van der Waals surface area contributed by atoms with E-state index in [0.717, 1.165) is 0 Å². The number of benzene rings is 1. The van der Waals surface area contributed by atoms with Crippen molar-refractivity contribution in [1.82, 2.24) is 19.8 Å². The Labute approximate surface area is 167 Å². The number of amides is 1. The summed E-state index contributed by atoms with van der Waals surface area (Å²) in [5.74, 6) is -1.43. The molecule has 148 valence electrons. The first-order valence-electron chi connectivity index (χ1n) is 8.86. The van der Waals surface area contributed by atoms with E-state index in [9.17, 15) is 18.7 Å². The average molecular weight is 418 g/mol. The summed E-state index contributed by atoms with van der Waals surface area (Å²) < 4.78 is 29.3. The van der Waals surface area contributed by atoms with Gasteiger partial charge in [0.15, 0.2) is 5.82 Å². The van der Waals surface area contributed by atoms with Crippen molar-refractivity contribution < 1.29 is 18.7 Å². The van der Waals surface area contributed by atoms with Gasteiger partial charge in [0.05, 0.1) is 34.8 Å². The largest absolute Gasteiger partial charge is 0.391 e. The number of aliphatic hydroxyl groups excluding tert-OH is 1. The second-order valence-corrected chi connectivity index (χ2v) is 7.34. The van der Waals surface area contributed by atoms with Gasteiger partial charge >= 0.3 is 0 Å². The van der Waals surface area contributed by atoms with Crippen molar-refractivity contribution in [3.05, 3.63) is 47.0 Å². The highest BCUT2D eigenvalue weighted by Gasteiger charge is 2.43. The molecule has 4 aromatic rings. The van der Waals surface area contributed by atoms with Crippen LogP contribution in [0.4, 0.5) is 14.6 Å². The van der Waals surface area contributed by atoms with Crippen molar-refractivity contribution >= 4 is 39.7 Å². The summed E-state index contributed by atoms with van der Waals surface area (Å²) in [4.78, 5) is 11.9. The third kappa shape index (κ3) is 2.85. The number of hydrogen-bond acceptors (Lipinski definition) is 4. The maximum absolute atomic E-state index is 14.7. The standard InChI is InChI=1S/C19H14ClF2N5O2/c20-16-15(11-6-23-25-18(11)12(7-28)17(16)22)8-1-2-27-9(3-8)4-14(26-27)24-19(29)10-5-13(10)21/h1-4,6,10,13,28H,5,7H2,(H,23,25)(H,24,26,29). The molecule has 5 rings (SSSR count). The molecule has 1 fully saturated rings. The van der Waals surface area contributed by atoms with Crippen LogP contribution in [0.2, 0.25) is 5.02 Å². The molecule has 7 nitrogen and oxygen atoms in total. The van der Waals surface area contributed by atoms with E-state index in [1.807, 2.05) is 0 Å². The Balaban J connectivity index is 1.58. The Kier molecular flexibility index (Phi) is 4.04. The summed E-state index contributed by atoms with van der Waals surface area (Å²) in [6.45, 7) is -0.518. The molecule has 1 aliphatic rings. The van der Waals surface area contributed by atoms with Gasteiger partial charge in [-0.1, -0.05) is 11.6 Å². The minimum atomic E-state index is -1.09. The first kappa shape index (κ1) is 18.0. The van der Waals surface area contributed by atoms with E-state index >= 15 is 0 Å². The van der Waals surface area contributed by atoms with Crippen LogP contribution in [0.3, 0.4) is 0 Å². The fourth-order valence-corrected chi connectivity index (χ4v) is 3.80. The molecule has 3 N–H and O–H groups in total. The van der Waals surface area contributed by atoms with Gasteiger partial charge < -0.3 is 10.4 Å². The van der Waals surface area contributed by atoms with Crippen LogP contribution in [0.15, 0.2) is 30.6 Å². The zero-order valence-corrected chi connectivity index (χ0v) is 15.5. The second kappa shape index (κ2) is 6.50. The molecule has 1 aliphatic carbocycles. The number of hydrogen-bond donors (Lipinski definition) is 3. The van der Waals surface area contributed by atoms with Crippen LogP contribution >= 0.6 is 11.6 Å². The van der Waals surface area contributed by atoms with E-state index < -0.39 is 30.4 Å². The molecule has 0 spiro atoms. The van der Waals surface area contributed by atoms with Crippen molar-refractivity contribution in [3.63, 3.8) is 0 Å². The fourth-order valence-electron chi connectivity index (χ4n) is 3.47. The van der Waals surface area contributed by atoms with Gasteiger partial charge in [0.25, 0.3) is 0 Å². The minimum absolute atomic E-state index is 0.0490. The highest BCUT2D eigenvalue weighted by Crippen LogP contribution is 2.39. The van der Waals surface area contributed by atoms with E-state index in [0.29, 0.717) is 33.4 Å². The maximum Gasteiger partial charge on any atom is 0.231 e. The molecular weight excluding hydrogens is 404 g/mol. The van der Waals surface area contributed by atoms with E-state index in [4.69, 9.17) is 11.6 Å². The molecule has 0 bridgehead atoms. The zero-order chi connectivity index (χ0) is 20.3. The second-order valence-electron chi connectivity index (χ2n) is 6.96. The Hall–Kier alpha value is -3.04. The van der Waals surface area contributed by atoms with Gasteiger partial charge in [0.1, 0.15) is 12.0 Å². The minimum Gasteiger partial charge on any atom is -0.391 e. The number of nitrogens with one attached hydrogen (secondary N) is 2. The Morgan fingerprint density at radius 1 is 1.45 bits per heavy atom. The molecule has 1 saturated carbocycles. The summed E-state index contributed by atoms with van der Waals surface area (Å²) in [5, 5.41) is 23.4. The van der Waals surface area contributed by atoms with E-state index in [-0.39, 0.29) is 17.0 Å². The maximum atomic E-state index is 14.7. The van der Waals surface area contributed by atoms with Gasteiger partial charge in [0, 0.05) is 28.8 Å². The van der Waals surface area contributed by atoms with Crippen LogP contribution in [0.5, 0.6) is 0 Å². The number of alkyl halides is 1. The van der Waals surface area contributed by atoms with Crippen LogP contribution < -0.4 is 5.32 Å². The topological polar surface area (TPSA) is 95.3 Å². The summed E-state index contributed by atoms with van der Waals surface area (Å²) >= 11 is 6.29. The number of fused-ring (bicyclic) bond motifs is 2. The molecule has 10 heteroatoms. The fraction of sp³-hybridized carbons (Fsp3) is 0.211. The van der Waals surface area contributed by atoms with Gasteiger partial charge in [-0.05, 0) is 24.1 Å². The predicted molar refractivity (Wildman–Crippen MR) is 103 cm³/mol. The highest BCUT2D eigenvalue weighted by molar-refractivity contribution is 6.35. The lowest BCUT2D eigenvalue weighted by Crippen LogP contribution is -2.15. The van der Waals surface area contributed by atoms with Gasteiger partial charge in [-0.3, -0.25) is 9.89 Å². The Bertz CT molecular complexity index is 1280. The summed E-state index contributed by atoms with van der Waals surface area (Å²) in [5.41, 5.74) is 2.09. The number of nitrogens with zero attached hydrogens (tertiary/aromatic N) is 3. The third-order valence-electron chi connectivity index (χ3n) is 5.10. The SMILES string of the molecule is O=C(Nc1cc2cc(-c3c(Cl)c(F)c(CO)c4[nH]ncc34)ccn2n1)C1CC1F. The molecule has 29 heavy (non-hydrogen) atoms. The molecule has 1 aromatic carbocycles. The quantitative estimate of drug-likeness (QED) is 0.474. The van der Waals surface area contributed by atoms with Crippen LogP contribution in [-0.2, 0) is 11.4 Å². The third-order valence-corrected chi connectivity index (χ3v) is 5.45. The number of carbonyl (C=O) groups is 1. The van der Waals surface area contributed by atoms with Gasteiger partial charge in [-0.15, -0.1) is 0 Å². The zero-order valence-electron chi connectivity index (χ0n) is 14.8. The summed E-state index contributed by atoms with van der Waals surface area (Å²) in [6.07, 6.45) is 2.31. The van der Waals surface area contributed by atoms with Crippen molar-refractivity contribution in [2.24, 2.45) is 5.92 Å². The summed E-state index contributed by atoms with van der Waals surface area (Å²) in [6, 6.07) is 5.08. The number of anilines is 1. The number of carbonyl (C=O) groups excluding carboxylic acids is 1. The number of halogens is 3. The van der Waals surface area contributed by atoms with Crippen LogP contribution in [0.25, 0.3) is 27.5 Å². The molecule has 3 aromatic heterocycles. The van der Waals surface area contributed by atoms with Crippen LogP contribution in [0, 0.1) is 11.7 Å². The number of aromatic nitrogens is 4. The Morgan fingerprint density at radius 2 is 2.24 bits per heavy atom. The van der Waals surface area contributed by atoms with Crippen molar-refractivity contribution in [3.8, 4) is 11.1 Å². The predicted octanol–water partition coefficient (Wildman–Crippen LogP) is 3.46. The first-order valence-corrected chi connectivity index (χ1v) is 9.24. The molecule has 0 aliphatic heterocycles. The lowest BCUT2D eigenvalue weighted by molar-refractivity contribution is -0.117. The van der Waals surface area contributed by atoms with Crippen LogP contribution in [0.1, 0.15) is 12.0 Å². The molecule has 2 atom stereocenters. The molecule has 0 saturated heterocycles. The monoisotopic (exact) mass is 417 g/mol. The van der Waals surface area contributed by atoms with Gasteiger partial charge in [0.2, 0.25) is 5.91 Å². The highest BCUT2D eigenvalue weighted by atomic mass is 35.5. The van der Waals surface area contributed by atoms with Crippen LogP contribution in [-0.4, -0.2) is 37.0 Å². The lowest BCUT2D eigenvalue weighted by atomic mass is 9.99. The van der Waals surface area contributed by atoms with Crippen molar-refractivity contribution in [2.75, 3.05) is 5.32 Å². The van der Waals surface area contributed by atoms with Crippen molar-refractivity contribution in [1.29, 1.82) is 0 Å². The smallest absolute Gasteiger partial charge is 0.231 e. The van der Waals surface area contributed by atoms with Crippen molar-refractivity contribution in [2.45, 2.75) is 19.2 Å². The normalized spacial score (nSPS) is 18.5. The average Bonchev–Trinajstić information content (AvgIpc) is 3.08. The molecule has 1 amide bonds. The Morgan fingerprint density at radius 3 is 2.97 bits per heavy atom. The number of rotatable bonds is 4. The molecule has 0 radical (unpaired) electrons. The van der Waals surface area contributed by atoms with E-state index in [2.05, 4.69) is 20.6 Å². The molecular formula is C19H14ClF2N5O2. The van der Waals surface area contributed by atoms with E-state index in [1.54, 1.807) is 24.4 Å². The number of aliphatic hydroxyl groups is 1. The summed E-state index contributed by atoms with van der Waals surface area (Å²) in [7, 11) is 0. The lowest BCUT2D eigenvalue weighted by Gasteiger charge is -2.11. The van der Waals surface area contributed by atoms with E-state index in [1.165, 1.54) is 10.7 Å².